The second kappa shape index (κ2) is 12.9. The van der Waals surface area contributed by atoms with E-state index >= 15 is 0 Å². The second-order valence-electron chi connectivity index (χ2n) is 7.13. The zero-order chi connectivity index (χ0) is 21.8. The van der Waals surface area contributed by atoms with Gasteiger partial charge in [0, 0.05) is 12.1 Å². The molecule has 0 radical (unpaired) electrons. The number of rotatable bonds is 6. The number of nitrogens with zero attached hydrogens (tertiary/aromatic N) is 1. The van der Waals surface area contributed by atoms with Crippen LogP contribution in [0.4, 0.5) is 16.2 Å². The highest BCUT2D eigenvalue weighted by Crippen LogP contribution is 2.29. The lowest BCUT2D eigenvalue weighted by atomic mass is 9.90. The maximum absolute atomic E-state index is 12.7. The molecule has 1 aliphatic carbocycles. The van der Waals surface area contributed by atoms with Crippen LogP contribution in [-0.2, 0) is 14.3 Å². The van der Waals surface area contributed by atoms with Gasteiger partial charge in [0.1, 0.15) is 6.61 Å². The van der Waals surface area contributed by atoms with Crippen LogP contribution in [0.3, 0.4) is 0 Å². The van der Waals surface area contributed by atoms with Gasteiger partial charge in [0.05, 0.1) is 18.0 Å². The van der Waals surface area contributed by atoms with Crippen LogP contribution in [-0.4, -0.2) is 32.3 Å². The van der Waals surface area contributed by atoms with E-state index in [2.05, 4.69) is 10.5 Å². The molecule has 30 heavy (non-hydrogen) atoms. The zero-order valence-electron chi connectivity index (χ0n) is 17.3. The molecule has 2 N–H and O–H groups in total. The summed E-state index contributed by atoms with van der Waals surface area (Å²) in [7, 11) is 1.42. The van der Waals surface area contributed by atoms with Crippen LogP contribution in [0.15, 0.2) is 54.6 Å². The van der Waals surface area contributed by atoms with Gasteiger partial charge in [0.15, 0.2) is 0 Å². The summed E-state index contributed by atoms with van der Waals surface area (Å²) < 4.78 is 9.97. The number of halogens is 1. The number of nitrogens with two attached hydrogens (primary N) is 1. The number of ether oxygens (including phenoxy) is 2. The summed E-state index contributed by atoms with van der Waals surface area (Å²) in [5.74, 6) is 0.0584. The first-order valence-corrected chi connectivity index (χ1v) is 10.4. The number of amides is 2. The van der Waals surface area contributed by atoms with Gasteiger partial charge in [-0.2, -0.15) is 0 Å². The predicted molar refractivity (Wildman–Crippen MR) is 119 cm³/mol. The van der Waals surface area contributed by atoms with Crippen LogP contribution in [0.5, 0.6) is 0 Å². The minimum atomic E-state index is -0.433. The molecule has 0 aliphatic heterocycles. The maximum atomic E-state index is 12.7. The number of primary amides is 1. The minimum Gasteiger partial charge on any atom is -0.449 e. The second-order valence-corrected chi connectivity index (χ2v) is 7.56. The molecule has 2 aromatic carbocycles. The van der Waals surface area contributed by atoms with E-state index in [1.165, 1.54) is 26.4 Å². The Balaban J connectivity index is 0.000000469. The van der Waals surface area contributed by atoms with E-state index in [0.717, 1.165) is 24.2 Å². The number of anilines is 2. The molecule has 2 aromatic rings. The molecule has 3 rings (SSSR count). The molecule has 0 atom stereocenters. The highest BCUT2D eigenvalue weighted by Gasteiger charge is 2.22. The monoisotopic (exact) mass is 432 g/mol. The third kappa shape index (κ3) is 8.05. The Morgan fingerprint density at radius 1 is 1.00 bits per heavy atom. The van der Waals surface area contributed by atoms with E-state index in [0.29, 0.717) is 17.5 Å². The molecule has 1 fully saturated rings. The van der Waals surface area contributed by atoms with Gasteiger partial charge in [0.25, 0.3) is 0 Å². The number of carbonyl (C=O) groups is 2. The van der Waals surface area contributed by atoms with E-state index in [1.807, 2.05) is 42.5 Å². The van der Waals surface area contributed by atoms with Crippen molar-refractivity contribution in [3.63, 3.8) is 0 Å². The van der Waals surface area contributed by atoms with Crippen molar-refractivity contribution in [2.24, 2.45) is 11.7 Å². The SMILES string of the molecule is COCC(N)=O.O=C(OCC1CCCCC1)N(c1ccccc1)c1ccc(Cl)cc1. The van der Waals surface area contributed by atoms with Crippen molar-refractivity contribution in [1.29, 1.82) is 0 Å². The molecule has 1 saturated carbocycles. The van der Waals surface area contributed by atoms with E-state index in [-0.39, 0.29) is 12.7 Å². The summed E-state index contributed by atoms with van der Waals surface area (Å²) in [6.45, 7) is 0.510. The third-order valence-corrected chi connectivity index (χ3v) is 4.99. The lowest BCUT2D eigenvalue weighted by Gasteiger charge is -2.25. The topological polar surface area (TPSA) is 81.9 Å². The lowest BCUT2D eigenvalue weighted by Crippen LogP contribution is -2.29. The first-order chi connectivity index (χ1) is 14.5. The quantitative estimate of drug-likeness (QED) is 0.670. The molecule has 0 spiro atoms. The summed E-state index contributed by atoms with van der Waals surface area (Å²) >= 11 is 5.97. The molecular weight excluding hydrogens is 404 g/mol. The van der Waals surface area contributed by atoms with Crippen molar-refractivity contribution in [3.8, 4) is 0 Å². The number of benzene rings is 2. The number of hydrogen-bond donors (Lipinski definition) is 1. The summed E-state index contributed by atoms with van der Waals surface area (Å²) in [5.41, 5.74) is 6.17. The van der Waals surface area contributed by atoms with Gasteiger partial charge in [-0.15, -0.1) is 0 Å². The average Bonchev–Trinajstić information content (AvgIpc) is 2.76. The van der Waals surface area contributed by atoms with Crippen LogP contribution >= 0.6 is 11.6 Å². The van der Waals surface area contributed by atoms with Crippen LogP contribution in [0.2, 0.25) is 5.02 Å². The first kappa shape index (κ1) is 23.7. The normalized spacial score (nSPS) is 13.7. The van der Waals surface area contributed by atoms with E-state index in [9.17, 15) is 9.59 Å². The minimum absolute atomic E-state index is 0.0139. The molecule has 0 saturated heterocycles. The van der Waals surface area contributed by atoms with Crippen molar-refractivity contribution in [1.82, 2.24) is 0 Å². The standard InChI is InChI=1S/C20H22ClNO2.C3H7NO2/c21-17-11-13-19(14-12-17)22(18-9-5-2-6-10-18)20(23)24-15-16-7-3-1-4-8-16;1-6-2-3(4)5/h2,5-6,9-14,16H,1,3-4,7-8,15H2;2H2,1H3,(H2,4,5). The van der Waals surface area contributed by atoms with Gasteiger partial charge in [-0.05, 0) is 55.2 Å². The van der Waals surface area contributed by atoms with E-state index < -0.39 is 5.91 Å². The zero-order valence-corrected chi connectivity index (χ0v) is 18.0. The fourth-order valence-electron chi connectivity index (χ4n) is 3.28. The molecule has 0 unspecified atom stereocenters. The summed E-state index contributed by atoms with van der Waals surface area (Å²) in [6.07, 6.45) is 5.74. The molecule has 0 heterocycles. The van der Waals surface area contributed by atoms with Crippen molar-refractivity contribution in [2.75, 3.05) is 25.2 Å². The van der Waals surface area contributed by atoms with Crippen LogP contribution in [0, 0.1) is 5.92 Å². The molecule has 2 amide bonds. The Bertz CT molecular complexity index is 778. The average molecular weight is 433 g/mol. The van der Waals surface area contributed by atoms with Crippen LogP contribution in [0.25, 0.3) is 0 Å². The van der Waals surface area contributed by atoms with E-state index in [1.54, 1.807) is 17.0 Å². The molecule has 6 nitrogen and oxygen atoms in total. The Hall–Kier alpha value is -2.57. The Kier molecular flexibility index (Phi) is 10.2. The fraction of sp³-hybridized carbons (Fsp3) is 0.391. The van der Waals surface area contributed by atoms with E-state index in [4.69, 9.17) is 16.3 Å². The third-order valence-electron chi connectivity index (χ3n) is 4.74. The van der Waals surface area contributed by atoms with Gasteiger partial charge < -0.3 is 15.2 Å². The van der Waals surface area contributed by atoms with Crippen molar-refractivity contribution < 1.29 is 19.1 Å². The van der Waals surface area contributed by atoms with Gasteiger partial charge >= 0.3 is 6.09 Å². The predicted octanol–water partition coefficient (Wildman–Crippen LogP) is 5.31. The summed E-state index contributed by atoms with van der Waals surface area (Å²) in [5, 5.41) is 0.641. The number of hydrogen-bond acceptors (Lipinski definition) is 4. The molecule has 0 aromatic heterocycles. The van der Waals surface area contributed by atoms with Crippen LogP contribution < -0.4 is 10.6 Å². The van der Waals surface area contributed by atoms with Crippen molar-refractivity contribution in [2.45, 2.75) is 32.1 Å². The number of para-hydroxylation sites is 1. The molecule has 1 aliphatic rings. The highest BCUT2D eigenvalue weighted by molar-refractivity contribution is 6.30. The molecule has 162 valence electrons. The maximum Gasteiger partial charge on any atom is 0.418 e. The number of carbonyl (C=O) groups excluding carboxylic acids is 2. The van der Waals surface area contributed by atoms with Gasteiger partial charge in [-0.25, -0.2) is 9.69 Å². The van der Waals surface area contributed by atoms with Crippen LogP contribution in [0.1, 0.15) is 32.1 Å². The smallest absolute Gasteiger partial charge is 0.418 e. The summed E-state index contributed by atoms with van der Waals surface area (Å²) in [4.78, 5) is 24.0. The molecule has 7 heteroatoms. The van der Waals surface area contributed by atoms with Gasteiger partial charge in [-0.1, -0.05) is 49.1 Å². The highest BCUT2D eigenvalue weighted by atomic mass is 35.5. The van der Waals surface area contributed by atoms with Gasteiger partial charge in [0.2, 0.25) is 5.91 Å². The van der Waals surface area contributed by atoms with Gasteiger partial charge in [-0.3, -0.25) is 4.79 Å². The molecular formula is C23H29ClN2O4. The Morgan fingerprint density at radius 2 is 1.60 bits per heavy atom. The van der Waals surface area contributed by atoms with Crippen molar-refractivity contribution in [3.05, 3.63) is 59.6 Å². The summed E-state index contributed by atoms with van der Waals surface area (Å²) in [6, 6.07) is 16.8. The lowest BCUT2D eigenvalue weighted by molar-refractivity contribution is -0.121. The van der Waals surface area contributed by atoms with Crippen molar-refractivity contribution >= 4 is 35.0 Å². The Labute approximate surface area is 182 Å². The Morgan fingerprint density at radius 3 is 2.13 bits per heavy atom. The first-order valence-electron chi connectivity index (χ1n) is 10.1. The molecule has 0 bridgehead atoms. The fourth-order valence-corrected chi connectivity index (χ4v) is 3.40. The number of methoxy groups -OCH3 is 1. The largest absolute Gasteiger partial charge is 0.449 e.